The Morgan fingerprint density at radius 3 is 2.31 bits per heavy atom. The van der Waals surface area contributed by atoms with Crippen LogP contribution in [0.5, 0.6) is 0 Å². The summed E-state index contributed by atoms with van der Waals surface area (Å²) in [4.78, 5) is 26.8. The van der Waals surface area contributed by atoms with Crippen molar-refractivity contribution in [3.05, 3.63) is 59.1 Å². The molecule has 1 fully saturated rings. The number of carbonyl (C=O) groups excluding carboxylic acids is 2. The minimum Gasteiger partial charge on any atom is -0.355 e. The Kier molecular flexibility index (Phi) is 7.92. The van der Waals surface area contributed by atoms with Gasteiger partial charge >= 0.3 is 0 Å². The van der Waals surface area contributed by atoms with Gasteiger partial charge in [0, 0.05) is 43.3 Å². The van der Waals surface area contributed by atoms with Crippen molar-refractivity contribution in [2.24, 2.45) is 5.92 Å². The molecular formula is C23H28ClN3O4S. The van der Waals surface area contributed by atoms with Crippen LogP contribution in [0.2, 0.25) is 5.02 Å². The Labute approximate surface area is 194 Å². The van der Waals surface area contributed by atoms with Crippen LogP contribution >= 0.6 is 11.6 Å². The third-order valence-corrected chi connectivity index (χ3v) is 7.93. The zero-order valence-corrected chi connectivity index (χ0v) is 19.8. The number of sulfonamides is 1. The first-order valence-electron chi connectivity index (χ1n) is 10.7. The molecule has 1 atom stereocenters. The van der Waals surface area contributed by atoms with Crippen LogP contribution in [0.3, 0.4) is 0 Å². The van der Waals surface area contributed by atoms with E-state index >= 15 is 0 Å². The fraction of sp³-hybridized carbons (Fsp3) is 0.391. The summed E-state index contributed by atoms with van der Waals surface area (Å²) < 4.78 is 26.7. The number of nitrogens with one attached hydrogen (secondary N) is 1. The van der Waals surface area contributed by atoms with Crippen LogP contribution in [0, 0.1) is 5.92 Å². The quantitative estimate of drug-likeness (QED) is 0.601. The molecule has 0 aliphatic carbocycles. The molecule has 0 saturated carbocycles. The molecule has 0 unspecified atom stereocenters. The molecule has 1 heterocycles. The molecule has 2 aromatic rings. The normalized spacial score (nSPS) is 16.6. The fourth-order valence-electron chi connectivity index (χ4n) is 3.77. The van der Waals surface area contributed by atoms with Crippen molar-refractivity contribution >= 4 is 39.1 Å². The highest BCUT2D eigenvalue weighted by atomic mass is 35.5. The van der Waals surface area contributed by atoms with Crippen molar-refractivity contribution in [2.45, 2.75) is 31.6 Å². The van der Waals surface area contributed by atoms with Gasteiger partial charge in [-0.3, -0.25) is 9.59 Å². The predicted octanol–water partition coefficient (Wildman–Crippen LogP) is 3.08. The van der Waals surface area contributed by atoms with Crippen LogP contribution in [0.25, 0.3) is 0 Å². The largest absolute Gasteiger partial charge is 0.355 e. The molecule has 172 valence electrons. The first kappa shape index (κ1) is 24.2. The van der Waals surface area contributed by atoms with E-state index in [-0.39, 0.29) is 29.7 Å². The summed E-state index contributed by atoms with van der Waals surface area (Å²) in [5, 5.41) is 3.57. The van der Waals surface area contributed by atoms with Gasteiger partial charge in [0.25, 0.3) is 0 Å². The van der Waals surface area contributed by atoms with Crippen LogP contribution in [0.4, 0.5) is 5.69 Å². The van der Waals surface area contributed by atoms with Crippen LogP contribution in [-0.4, -0.2) is 50.7 Å². The maximum Gasteiger partial charge on any atom is 0.243 e. The first-order valence-corrected chi connectivity index (χ1v) is 12.5. The minimum atomic E-state index is -3.56. The molecule has 0 aromatic heterocycles. The van der Waals surface area contributed by atoms with Crippen molar-refractivity contribution in [3.63, 3.8) is 0 Å². The van der Waals surface area contributed by atoms with Crippen LogP contribution in [0.1, 0.15) is 25.8 Å². The maximum atomic E-state index is 12.6. The summed E-state index contributed by atoms with van der Waals surface area (Å²) in [5.74, 6) is -0.746. The van der Waals surface area contributed by atoms with Gasteiger partial charge in [0.15, 0.2) is 0 Å². The molecule has 1 N–H and O–H groups in total. The molecule has 1 saturated heterocycles. The van der Waals surface area contributed by atoms with Crippen LogP contribution in [-0.2, 0) is 26.0 Å². The highest BCUT2D eigenvalue weighted by molar-refractivity contribution is 7.89. The Hall–Kier alpha value is -2.42. The SMILES string of the molecule is CCN(CC)S(=O)(=O)c1ccc(N2C[C@H](C(=O)NCCc3ccc(Cl)cc3)CC2=O)cc1. The summed E-state index contributed by atoms with van der Waals surface area (Å²) in [6.07, 6.45) is 0.808. The average Bonchev–Trinajstić information content (AvgIpc) is 3.17. The summed E-state index contributed by atoms with van der Waals surface area (Å²) >= 11 is 5.88. The summed E-state index contributed by atoms with van der Waals surface area (Å²) in [5.41, 5.74) is 1.66. The second-order valence-electron chi connectivity index (χ2n) is 7.66. The number of rotatable bonds is 9. The Bertz CT molecular complexity index is 1050. The maximum absolute atomic E-state index is 12.6. The smallest absolute Gasteiger partial charge is 0.243 e. The van der Waals surface area contributed by atoms with Crippen molar-refractivity contribution in [1.82, 2.24) is 9.62 Å². The molecular weight excluding hydrogens is 450 g/mol. The van der Waals surface area contributed by atoms with Crippen LogP contribution in [0.15, 0.2) is 53.4 Å². The van der Waals surface area contributed by atoms with E-state index in [0.717, 1.165) is 5.56 Å². The lowest BCUT2D eigenvalue weighted by Gasteiger charge is -2.20. The van der Waals surface area contributed by atoms with Gasteiger partial charge in [-0.15, -0.1) is 0 Å². The summed E-state index contributed by atoms with van der Waals surface area (Å²) in [6.45, 7) is 5.11. The van der Waals surface area contributed by atoms with Gasteiger partial charge < -0.3 is 10.2 Å². The number of halogens is 1. The number of benzene rings is 2. The number of hydrogen-bond donors (Lipinski definition) is 1. The Balaban J connectivity index is 1.59. The monoisotopic (exact) mass is 477 g/mol. The molecule has 2 aromatic carbocycles. The zero-order valence-electron chi connectivity index (χ0n) is 18.3. The molecule has 0 spiro atoms. The van der Waals surface area contributed by atoms with E-state index in [4.69, 9.17) is 11.6 Å². The lowest BCUT2D eigenvalue weighted by molar-refractivity contribution is -0.126. The standard InChI is InChI=1S/C23H28ClN3O4S/c1-3-26(4-2)32(30,31)21-11-9-20(10-12-21)27-16-18(15-22(27)28)23(29)25-14-13-17-5-7-19(24)8-6-17/h5-12,18H,3-4,13-16H2,1-2H3,(H,25,29)/t18-/m1/s1. The molecule has 0 bridgehead atoms. The van der Waals surface area contributed by atoms with Gasteiger partial charge in [0.05, 0.1) is 10.8 Å². The molecule has 0 radical (unpaired) electrons. The van der Waals surface area contributed by atoms with Crippen molar-refractivity contribution < 1.29 is 18.0 Å². The number of nitrogens with zero attached hydrogens (tertiary/aromatic N) is 2. The van der Waals surface area contributed by atoms with E-state index in [1.54, 1.807) is 26.0 Å². The second kappa shape index (κ2) is 10.5. The Morgan fingerprint density at radius 2 is 1.72 bits per heavy atom. The molecule has 32 heavy (non-hydrogen) atoms. The lowest BCUT2D eigenvalue weighted by Crippen LogP contribution is -2.34. The lowest BCUT2D eigenvalue weighted by atomic mass is 10.1. The third kappa shape index (κ3) is 5.49. The first-order chi connectivity index (χ1) is 15.3. The van der Waals surface area contributed by atoms with E-state index in [2.05, 4.69) is 5.32 Å². The number of hydrogen-bond acceptors (Lipinski definition) is 4. The van der Waals surface area contributed by atoms with Gasteiger partial charge in [0.2, 0.25) is 21.8 Å². The highest BCUT2D eigenvalue weighted by Crippen LogP contribution is 2.27. The van der Waals surface area contributed by atoms with Crippen molar-refractivity contribution in [3.8, 4) is 0 Å². The molecule has 1 aliphatic heterocycles. The molecule has 9 heteroatoms. The van der Waals surface area contributed by atoms with E-state index < -0.39 is 15.9 Å². The predicted molar refractivity (Wildman–Crippen MR) is 125 cm³/mol. The number of carbonyl (C=O) groups is 2. The van der Waals surface area contributed by atoms with Gasteiger partial charge in [-0.25, -0.2) is 8.42 Å². The molecule has 7 nitrogen and oxygen atoms in total. The molecule has 1 aliphatic rings. The summed E-state index contributed by atoms with van der Waals surface area (Å²) in [7, 11) is -3.56. The van der Waals surface area contributed by atoms with Gasteiger partial charge in [-0.1, -0.05) is 37.6 Å². The molecule has 2 amide bonds. The van der Waals surface area contributed by atoms with Gasteiger partial charge in [0.1, 0.15) is 0 Å². The topological polar surface area (TPSA) is 86.8 Å². The number of anilines is 1. The third-order valence-electron chi connectivity index (χ3n) is 5.61. The Morgan fingerprint density at radius 1 is 1.09 bits per heavy atom. The van der Waals surface area contributed by atoms with E-state index in [1.165, 1.54) is 21.3 Å². The minimum absolute atomic E-state index is 0.131. The second-order valence-corrected chi connectivity index (χ2v) is 10.0. The fourth-order valence-corrected chi connectivity index (χ4v) is 5.35. The number of amides is 2. The van der Waals surface area contributed by atoms with E-state index in [9.17, 15) is 18.0 Å². The van der Waals surface area contributed by atoms with Gasteiger partial charge in [-0.2, -0.15) is 4.31 Å². The van der Waals surface area contributed by atoms with E-state index in [0.29, 0.717) is 36.8 Å². The highest BCUT2D eigenvalue weighted by Gasteiger charge is 2.35. The van der Waals surface area contributed by atoms with E-state index in [1.807, 2.05) is 24.3 Å². The zero-order chi connectivity index (χ0) is 23.3. The van der Waals surface area contributed by atoms with Crippen molar-refractivity contribution in [1.29, 1.82) is 0 Å². The summed E-state index contributed by atoms with van der Waals surface area (Å²) in [6, 6.07) is 13.7. The van der Waals surface area contributed by atoms with Crippen molar-refractivity contribution in [2.75, 3.05) is 31.1 Å². The van der Waals surface area contributed by atoms with Gasteiger partial charge in [-0.05, 0) is 48.4 Å². The van der Waals surface area contributed by atoms with Crippen LogP contribution < -0.4 is 10.2 Å². The molecule has 3 rings (SSSR count). The average molecular weight is 478 g/mol.